The molecule has 0 aromatic rings. The number of carbonyl (C=O) groups is 1. The van der Waals surface area contributed by atoms with Gasteiger partial charge in [0.05, 0.1) is 14.1 Å². The smallest absolute Gasteiger partial charge is 0.456 e. The van der Waals surface area contributed by atoms with E-state index < -0.39 is 41.8 Å². The van der Waals surface area contributed by atoms with Gasteiger partial charge in [-0.15, -0.1) is 0 Å². The van der Waals surface area contributed by atoms with Crippen LogP contribution in [-0.4, -0.2) is 61.0 Å². The van der Waals surface area contributed by atoms with Gasteiger partial charge in [-0.3, -0.25) is 0 Å². The number of quaternary nitrogens is 1. The van der Waals surface area contributed by atoms with Gasteiger partial charge < -0.3 is 9.59 Å². The van der Waals surface area contributed by atoms with Crippen LogP contribution in [0.3, 0.4) is 0 Å². The topological polar surface area (TPSA) is 37.3 Å². The summed E-state index contributed by atoms with van der Waals surface area (Å²) < 4.78 is 72.6. The van der Waals surface area contributed by atoms with Crippen molar-refractivity contribution in [1.29, 1.82) is 0 Å². The highest BCUT2D eigenvalue weighted by Crippen LogP contribution is 2.39. The van der Waals surface area contributed by atoms with Gasteiger partial charge in [0.15, 0.2) is 6.54 Å². The van der Waals surface area contributed by atoms with E-state index in [1.807, 2.05) is 0 Å². The summed E-state index contributed by atoms with van der Waals surface area (Å²) in [5.74, 6) is -6.90. The van der Waals surface area contributed by atoms with Gasteiger partial charge in [0, 0.05) is 0 Å². The van der Waals surface area contributed by atoms with Gasteiger partial charge in [-0.05, 0) is 0 Å². The fourth-order valence-corrected chi connectivity index (χ4v) is 1.16. The number of carboxylic acids is 1. The number of carboxylic acid groups (broad SMARTS) is 1. The molecule has 0 aromatic heterocycles. The van der Waals surface area contributed by atoms with Crippen molar-refractivity contribution in [3.05, 3.63) is 0 Å². The first-order chi connectivity index (χ1) is 7.29. The highest BCUT2D eigenvalue weighted by molar-refractivity contribution is 5.67. The van der Waals surface area contributed by atoms with Crippen LogP contribution in [0, 0.1) is 0 Å². The largest absolute Gasteiger partial charge is 0.477 e. The van der Waals surface area contributed by atoms with Crippen LogP contribution in [-0.2, 0) is 4.79 Å². The van der Waals surface area contributed by atoms with Gasteiger partial charge in [0.2, 0.25) is 6.17 Å². The first kappa shape index (κ1) is 16.0. The average Bonchev–Trinajstić information content (AvgIpc) is 1.97. The molecule has 0 heterocycles. The van der Waals surface area contributed by atoms with Gasteiger partial charge in [0.25, 0.3) is 0 Å². The minimum absolute atomic E-state index is 0.756. The maximum absolute atomic E-state index is 12.9. The van der Waals surface area contributed by atoms with Crippen LogP contribution in [0.25, 0.3) is 0 Å². The summed E-state index contributed by atoms with van der Waals surface area (Å²) in [6.07, 6.45) is -9.48. The quantitative estimate of drug-likeness (QED) is 0.608. The zero-order valence-electron chi connectivity index (χ0n) is 9.06. The van der Waals surface area contributed by atoms with Crippen LogP contribution in [0.5, 0.6) is 0 Å². The Morgan fingerprint density at radius 1 is 1.24 bits per heavy atom. The highest BCUT2D eigenvalue weighted by Gasteiger charge is 2.64. The summed E-state index contributed by atoms with van der Waals surface area (Å²) in [7, 11) is 2.10. The van der Waals surface area contributed by atoms with Crippen molar-refractivity contribution >= 4 is 5.97 Å². The Balaban J connectivity index is 4.75. The van der Waals surface area contributed by atoms with Gasteiger partial charge in [-0.2, -0.15) is 22.0 Å². The van der Waals surface area contributed by atoms with Crippen molar-refractivity contribution in [3.63, 3.8) is 0 Å². The van der Waals surface area contributed by atoms with Crippen molar-refractivity contribution in [2.45, 2.75) is 18.3 Å². The van der Waals surface area contributed by atoms with Crippen molar-refractivity contribution in [2.24, 2.45) is 0 Å². The van der Waals surface area contributed by atoms with E-state index >= 15 is 0 Å². The maximum Gasteiger partial charge on any atom is 0.456 e. The molecule has 0 saturated carbocycles. The molecule has 0 radical (unpaired) electrons. The molecule has 3 nitrogen and oxygen atoms in total. The molecule has 0 bridgehead atoms. The maximum atomic E-state index is 12.9. The molecule has 1 N–H and O–H groups in total. The molecule has 0 amide bonds. The van der Waals surface area contributed by atoms with Gasteiger partial charge in [0.1, 0.15) is 6.54 Å². The second kappa shape index (κ2) is 4.71. The lowest BCUT2D eigenvalue weighted by Crippen LogP contribution is -2.55. The van der Waals surface area contributed by atoms with Crippen LogP contribution >= 0.6 is 0 Å². The Morgan fingerprint density at radius 3 is 1.94 bits per heavy atom. The molecule has 0 rings (SSSR count). The molecule has 0 saturated heterocycles. The fraction of sp³-hybridized carbons (Fsp3) is 0.875. The van der Waals surface area contributed by atoms with Crippen molar-refractivity contribution < 1.29 is 40.7 Å². The summed E-state index contributed by atoms with van der Waals surface area (Å²) >= 11 is 0. The predicted octanol–water partition coefficient (Wildman–Crippen LogP) is 1.68. The van der Waals surface area contributed by atoms with Crippen LogP contribution in [0.1, 0.15) is 0 Å². The SMILES string of the molecule is C[N+](C)(CC(=O)O)CC(F)C(F)(F)C(F)(F)F. The number of nitrogens with zero attached hydrogens (tertiary/aromatic N) is 1. The summed E-state index contributed by atoms with van der Waals surface area (Å²) in [5, 5.41) is 8.38. The third-order valence-electron chi connectivity index (χ3n) is 1.99. The summed E-state index contributed by atoms with van der Waals surface area (Å²) in [4.78, 5) is 10.3. The first-order valence-electron chi connectivity index (χ1n) is 4.42. The minimum atomic E-state index is -5.99. The third-order valence-corrected chi connectivity index (χ3v) is 1.99. The van der Waals surface area contributed by atoms with Gasteiger partial charge in [-0.25, -0.2) is 9.18 Å². The zero-order valence-corrected chi connectivity index (χ0v) is 9.06. The van der Waals surface area contributed by atoms with E-state index in [0.29, 0.717) is 0 Å². The molecular formula is C8H12F6NO2+. The molecule has 17 heavy (non-hydrogen) atoms. The van der Waals surface area contributed by atoms with Crippen LogP contribution in [0.15, 0.2) is 0 Å². The molecule has 0 spiro atoms. The van der Waals surface area contributed by atoms with E-state index in [2.05, 4.69) is 0 Å². The number of rotatable bonds is 5. The Morgan fingerprint density at radius 2 is 1.65 bits per heavy atom. The number of halogens is 6. The molecule has 0 aliphatic carbocycles. The van der Waals surface area contributed by atoms with Crippen LogP contribution in [0.4, 0.5) is 26.3 Å². The van der Waals surface area contributed by atoms with Crippen LogP contribution < -0.4 is 0 Å². The Labute approximate surface area is 93.2 Å². The van der Waals surface area contributed by atoms with E-state index in [9.17, 15) is 31.1 Å². The van der Waals surface area contributed by atoms with Crippen molar-refractivity contribution in [1.82, 2.24) is 0 Å². The predicted molar refractivity (Wildman–Crippen MR) is 45.4 cm³/mol. The van der Waals surface area contributed by atoms with Gasteiger partial charge in [-0.1, -0.05) is 0 Å². The number of alkyl halides is 6. The molecule has 0 aliphatic rings. The number of hydrogen-bond acceptors (Lipinski definition) is 1. The van der Waals surface area contributed by atoms with E-state index in [1.165, 1.54) is 0 Å². The van der Waals surface area contributed by atoms with Crippen LogP contribution in [0.2, 0.25) is 0 Å². The van der Waals surface area contributed by atoms with E-state index in [1.54, 1.807) is 0 Å². The molecule has 102 valence electrons. The molecule has 0 fully saturated rings. The fourth-order valence-electron chi connectivity index (χ4n) is 1.16. The first-order valence-corrected chi connectivity index (χ1v) is 4.42. The molecule has 0 aliphatic heterocycles. The number of aliphatic carboxylic acids is 1. The summed E-state index contributed by atoms with van der Waals surface area (Å²) in [6, 6.07) is 0. The molecule has 0 aromatic carbocycles. The standard InChI is InChI=1S/C8H11F6NO2/c1-15(2,4-6(16)17)3-5(9)7(10,11)8(12,13)14/h5H,3-4H2,1-2H3/p+1. The molecule has 9 heteroatoms. The lowest BCUT2D eigenvalue weighted by atomic mass is 10.1. The second-order valence-electron chi connectivity index (χ2n) is 4.26. The Hall–Kier alpha value is -0.990. The number of likely N-dealkylation sites (N-methyl/N-ethyl adjacent to an activating group) is 1. The molecule has 1 unspecified atom stereocenters. The lowest BCUT2D eigenvalue weighted by Gasteiger charge is -2.32. The Kier molecular flexibility index (Phi) is 4.44. The summed E-state index contributed by atoms with van der Waals surface area (Å²) in [6.45, 7) is -2.01. The third kappa shape index (κ3) is 4.41. The normalized spacial score (nSPS) is 15.8. The average molecular weight is 268 g/mol. The molecule has 1 atom stereocenters. The minimum Gasteiger partial charge on any atom is -0.477 e. The summed E-state index contributed by atoms with van der Waals surface area (Å²) in [5.41, 5.74) is 0. The second-order valence-corrected chi connectivity index (χ2v) is 4.26. The van der Waals surface area contributed by atoms with Crippen molar-refractivity contribution in [2.75, 3.05) is 27.2 Å². The van der Waals surface area contributed by atoms with Crippen molar-refractivity contribution in [3.8, 4) is 0 Å². The zero-order chi connectivity index (χ0) is 14.1. The van der Waals surface area contributed by atoms with E-state index in [0.717, 1.165) is 14.1 Å². The Bertz CT molecular complexity index is 288. The lowest BCUT2D eigenvalue weighted by molar-refractivity contribution is -0.886. The monoisotopic (exact) mass is 268 g/mol. The molecular weight excluding hydrogens is 256 g/mol. The van der Waals surface area contributed by atoms with Gasteiger partial charge >= 0.3 is 18.1 Å². The van der Waals surface area contributed by atoms with E-state index in [-0.39, 0.29) is 0 Å². The van der Waals surface area contributed by atoms with E-state index in [4.69, 9.17) is 5.11 Å². The highest BCUT2D eigenvalue weighted by atomic mass is 19.4. The number of hydrogen-bond donors (Lipinski definition) is 1.